The number of halogens is 3. The van der Waals surface area contributed by atoms with E-state index in [2.05, 4.69) is 20.4 Å². The van der Waals surface area contributed by atoms with Crippen molar-refractivity contribution in [2.24, 2.45) is 0 Å². The molecular formula is C17H20F3N5O2. The predicted octanol–water partition coefficient (Wildman–Crippen LogP) is 2.81. The van der Waals surface area contributed by atoms with Crippen LogP contribution < -0.4 is 5.32 Å². The highest BCUT2D eigenvalue weighted by molar-refractivity contribution is 5.82. The Morgan fingerprint density at radius 1 is 1.41 bits per heavy atom. The summed E-state index contributed by atoms with van der Waals surface area (Å²) in [4.78, 5) is 21.9. The van der Waals surface area contributed by atoms with Gasteiger partial charge in [0.2, 0.25) is 17.6 Å². The molecule has 3 rings (SSSR count). The van der Waals surface area contributed by atoms with Crippen LogP contribution in [0.25, 0.3) is 11.4 Å². The van der Waals surface area contributed by atoms with Crippen molar-refractivity contribution < 1.29 is 22.5 Å². The first kappa shape index (κ1) is 19.3. The number of nitrogens with zero attached hydrogens (tertiary/aromatic N) is 4. The van der Waals surface area contributed by atoms with Crippen molar-refractivity contribution in [2.75, 3.05) is 13.6 Å². The van der Waals surface area contributed by atoms with Gasteiger partial charge in [0.25, 0.3) is 0 Å². The minimum Gasteiger partial charge on any atom is -0.343 e. The average Bonchev–Trinajstić information content (AvgIpc) is 3.12. The molecule has 27 heavy (non-hydrogen) atoms. The topological polar surface area (TPSA) is 84.2 Å². The average molecular weight is 383 g/mol. The number of aromatic nitrogens is 3. The zero-order valence-electron chi connectivity index (χ0n) is 15.0. The molecule has 2 atom stereocenters. The van der Waals surface area contributed by atoms with Gasteiger partial charge in [0.05, 0.1) is 6.04 Å². The van der Waals surface area contributed by atoms with Gasteiger partial charge in [-0.2, -0.15) is 18.2 Å². The second-order valence-corrected chi connectivity index (χ2v) is 6.61. The van der Waals surface area contributed by atoms with Crippen molar-refractivity contribution in [3.63, 3.8) is 0 Å². The molecule has 1 N–H and O–H groups in total. The first-order valence-electron chi connectivity index (χ1n) is 8.63. The van der Waals surface area contributed by atoms with Gasteiger partial charge in [0.1, 0.15) is 11.7 Å². The van der Waals surface area contributed by atoms with E-state index in [1.165, 1.54) is 6.07 Å². The Kier molecular flexibility index (Phi) is 5.45. The third kappa shape index (κ3) is 4.44. The molecule has 0 aliphatic carbocycles. The van der Waals surface area contributed by atoms with E-state index in [1.54, 1.807) is 6.92 Å². The van der Waals surface area contributed by atoms with Crippen molar-refractivity contribution in [1.82, 2.24) is 25.3 Å². The van der Waals surface area contributed by atoms with Crippen LogP contribution >= 0.6 is 0 Å². The molecule has 7 nitrogen and oxygen atoms in total. The van der Waals surface area contributed by atoms with Crippen molar-refractivity contribution >= 4 is 5.91 Å². The maximum Gasteiger partial charge on any atom is 0.433 e. The smallest absolute Gasteiger partial charge is 0.343 e. The molecule has 10 heteroatoms. The maximum atomic E-state index is 12.8. The Labute approximate surface area is 154 Å². The third-order valence-electron chi connectivity index (χ3n) is 4.55. The molecule has 0 aromatic carbocycles. The molecule has 1 saturated heterocycles. The number of hydrogen-bond acceptors (Lipinski definition) is 6. The first-order valence-corrected chi connectivity index (χ1v) is 8.63. The van der Waals surface area contributed by atoms with Crippen LogP contribution in [0.4, 0.5) is 13.2 Å². The molecule has 2 aromatic heterocycles. The van der Waals surface area contributed by atoms with E-state index in [-0.39, 0.29) is 29.2 Å². The molecule has 0 spiro atoms. The van der Waals surface area contributed by atoms with Gasteiger partial charge in [0, 0.05) is 11.8 Å². The molecule has 1 aliphatic rings. The molecule has 2 aromatic rings. The monoisotopic (exact) mass is 383 g/mol. The summed E-state index contributed by atoms with van der Waals surface area (Å²) in [5.41, 5.74) is -0.897. The Morgan fingerprint density at radius 3 is 2.89 bits per heavy atom. The lowest BCUT2D eigenvalue weighted by Gasteiger charge is -2.31. The summed E-state index contributed by atoms with van der Waals surface area (Å²) in [7, 11) is 1.90. The number of pyridine rings is 1. The first-order chi connectivity index (χ1) is 12.8. The summed E-state index contributed by atoms with van der Waals surface area (Å²) in [5.74, 6) is 0.00341. The predicted molar refractivity (Wildman–Crippen MR) is 89.4 cm³/mol. The largest absolute Gasteiger partial charge is 0.433 e. The fourth-order valence-electron chi connectivity index (χ4n) is 3.03. The van der Waals surface area contributed by atoms with Crippen LogP contribution in [-0.4, -0.2) is 45.6 Å². The highest BCUT2D eigenvalue weighted by Gasteiger charge is 2.33. The molecular weight excluding hydrogens is 363 g/mol. The van der Waals surface area contributed by atoms with Crippen molar-refractivity contribution in [3.8, 4) is 11.4 Å². The Morgan fingerprint density at radius 2 is 2.19 bits per heavy atom. The number of hydrogen-bond donors (Lipinski definition) is 1. The van der Waals surface area contributed by atoms with E-state index in [1.807, 2.05) is 11.9 Å². The quantitative estimate of drug-likeness (QED) is 0.874. The lowest BCUT2D eigenvalue weighted by atomic mass is 10.0. The standard InChI is InChI=1S/C17H20F3N5O2/c1-10(22-15(26)12-5-3-4-8-25(12)2)16-23-14(24-27-16)11-6-7-21-13(9-11)17(18,19)20/h6-7,9-10,12H,3-5,8H2,1-2H3,(H,22,26). The molecule has 146 valence electrons. The van der Waals surface area contributed by atoms with Gasteiger partial charge in [-0.25, -0.2) is 0 Å². The molecule has 2 unspecified atom stereocenters. The summed E-state index contributed by atoms with van der Waals surface area (Å²) in [5, 5.41) is 6.55. The zero-order valence-corrected chi connectivity index (χ0v) is 15.0. The summed E-state index contributed by atoms with van der Waals surface area (Å²) in [6.07, 6.45) is -0.685. The second kappa shape index (κ2) is 7.63. The van der Waals surface area contributed by atoms with Gasteiger partial charge in [-0.1, -0.05) is 11.6 Å². The van der Waals surface area contributed by atoms with Gasteiger partial charge in [0.15, 0.2) is 0 Å². The Bertz CT molecular complexity index is 808. The summed E-state index contributed by atoms with van der Waals surface area (Å²) in [6, 6.07) is 1.45. The van der Waals surface area contributed by atoms with Crippen LogP contribution in [0.15, 0.2) is 22.9 Å². The van der Waals surface area contributed by atoms with Crippen molar-refractivity contribution in [3.05, 3.63) is 29.9 Å². The van der Waals surface area contributed by atoms with E-state index in [0.29, 0.717) is 0 Å². The number of carbonyl (C=O) groups excluding carboxylic acids is 1. The van der Waals surface area contributed by atoms with Gasteiger partial charge < -0.3 is 9.84 Å². The van der Waals surface area contributed by atoms with E-state index >= 15 is 0 Å². The number of rotatable bonds is 4. The summed E-state index contributed by atoms with van der Waals surface area (Å²) < 4.78 is 43.5. The van der Waals surface area contributed by atoms with E-state index in [4.69, 9.17) is 4.52 Å². The summed E-state index contributed by atoms with van der Waals surface area (Å²) >= 11 is 0. The maximum absolute atomic E-state index is 12.8. The molecule has 3 heterocycles. The zero-order chi connectivity index (χ0) is 19.6. The van der Waals surface area contributed by atoms with Crippen LogP contribution in [0.1, 0.15) is 43.8 Å². The van der Waals surface area contributed by atoms with Gasteiger partial charge in [-0.05, 0) is 45.5 Å². The van der Waals surface area contributed by atoms with Gasteiger partial charge in [-0.15, -0.1) is 0 Å². The minimum absolute atomic E-state index is 0.00813. The highest BCUT2D eigenvalue weighted by atomic mass is 19.4. The van der Waals surface area contributed by atoms with Crippen LogP contribution in [0, 0.1) is 0 Å². The van der Waals surface area contributed by atoms with E-state index in [0.717, 1.165) is 38.1 Å². The number of alkyl halides is 3. The minimum atomic E-state index is -4.56. The number of likely N-dealkylation sites (N-methyl/N-ethyl adjacent to an activating group) is 1. The lowest BCUT2D eigenvalue weighted by Crippen LogP contribution is -2.48. The number of carbonyl (C=O) groups is 1. The van der Waals surface area contributed by atoms with Crippen LogP contribution in [0.2, 0.25) is 0 Å². The van der Waals surface area contributed by atoms with Crippen molar-refractivity contribution in [2.45, 2.75) is 44.4 Å². The number of nitrogens with one attached hydrogen (secondary N) is 1. The van der Waals surface area contributed by atoms with Gasteiger partial charge in [-0.3, -0.25) is 14.7 Å². The highest BCUT2D eigenvalue weighted by Crippen LogP contribution is 2.30. The molecule has 1 fully saturated rings. The SMILES string of the molecule is CC(NC(=O)C1CCCCN1C)c1nc(-c2ccnc(C(F)(F)F)c2)no1. The van der Waals surface area contributed by atoms with E-state index < -0.39 is 17.9 Å². The number of likely N-dealkylation sites (tertiary alicyclic amines) is 1. The second-order valence-electron chi connectivity index (χ2n) is 6.61. The number of amides is 1. The number of piperidine rings is 1. The van der Waals surface area contributed by atoms with Crippen LogP contribution in [-0.2, 0) is 11.0 Å². The summed E-state index contributed by atoms with van der Waals surface area (Å²) in [6.45, 7) is 2.55. The van der Waals surface area contributed by atoms with Crippen LogP contribution in [0.3, 0.4) is 0 Å². The fourth-order valence-corrected chi connectivity index (χ4v) is 3.03. The Hall–Kier alpha value is -2.49. The molecule has 1 amide bonds. The Balaban J connectivity index is 1.71. The fraction of sp³-hybridized carbons (Fsp3) is 0.529. The van der Waals surface area contributed by atoms with Gasteiger partial charge >= 0.3 is 6.18 Å². The molecule has 0 bridgehead atoms. The third-order valence-corrected chi connectivity index (χ3v) is 4.55. The molecule has 0 radical (unpaired) electrons. The molecule has 0 saturated carbocycles. The van der Waals surface area contributed by atoms with Crippen molar-refractivity contribution in [1.29, 1.82) is 0 Å². The molecule has 1 aliphatic heterocycles. The van der Waals surface area contributed by atoms with Crippen LogP contribution in [0.5, 0.6) is 0 Å². The van der Waals surface area contributed by atoms with E-state index in [9.17, 15) is 18.0 Å². The lowest BCUT2D eigenvalue weighted by molar-refractivity contribution is -0.141. The normalized spacial score (nSPS) is 19.7.